The lowest BCUT2D eigenvalue weighted by Crippen LogP contribution is -2.27. The molecule has 0 bridgehead atoms. The predicted octanol–water partition coefficient (Wildman–Crippen LogP) is 2.34. The fourth-order valence-electron chi connectivity index (χ4n) is 2.40. The Morgan fingerprint density at radius 1 is 1.22 bits per heavy atom. The van der Waals surface area contributed by atoms with Gasteiger partial charge in [0.15, 0.2) is 0 Å². The van der Waals surface area contributed by atoms with Crippen molar-refractivity contribution in [3.63, 3.8) is 0 Å². The summed E-state index contributed by atoms with van der Waals surface area (Å²) in [5.74, 6) is -0.301. The van der Waals surface area contributed by atoms with Gasteiger partial charge in [-0.05, 0) is 36.4 Å². The minimum atomic E-state index is -0.301. The third-order valence-electron chi connectivity index (χ3n) is 3.53. The van der Waals surface area contributed by atoms with Crippen molar-refractivity contribution in [2.45, 2.75) is 0 Å². The van der Waals surface area contributed by atoms with Gasteiger partial charge in [-0.2, -0.15) is 5.26 Å². The number of nitrogens with zero attached hydrogens (tertiary/aromatic N) is 2. The van der Waals surface area contributed by atoms with Gasteiger partial charge >= 0.3 is 6.03 Å². The second kappa shape index (κ2) is 6.20. The highest BCUT2D eigenvalue weighted by Crippen LogP contribution is 2.21. The van der Waals surface area contributed by atoms with Crippen LogP contribution in [0.4, 0.5) is 16.2 Å². The van der Waals surface area contributed by atoms with Gasteiger partial charge in [-0.25, -0.2) is 4.79 Å². The van der Waals surface area contributed by atoms with Gasteiger partial charge in [0.2, 0.25) is 0 Å². The van der Waals surface area contributed by atoms with Crippen molar-refractivity contribution >= 4 is 23.3 Å². The first kappa shape index (κ1) is 14.6. The molecule has 23 heavy (non-hydrogen) atoms. The molecule has 1 aliphatic rings. The van der Waals surface area contributed by atoms with Crippen LogP contribution in [-0.4, -0.2) is 25.0 Å². The summed E-state index contributed by atoms with van der Waals surface area (Å²) in [6.07, 6.45) is 0. The first-order valence-electron chi connectivity index (χ1n) is 7.14. The van der Waals surface area contributed by atoms with Crippen molar-refractivity contribution in [1.82, 2.24) is 5.32 Å². The Hall–Kier alpha value is -3.33. The van der Waals surface area contributed by atoms with Gasteiger partial charge in [-0.1, -0.05) is 12.1 Å². The highest BCUT2D eigenvalue weighted by molar-refractivity contribution is 6.05. The van der Waals surface area contributed by atoms with E-state index in [0.29, 0.717) is 29.9 Å². The first-order chi connectivity index (χ1) is 11.2. The quantitative estimate of drug-likeness (QED) is 0.912. The molecule has 0 spiro atoms. The molecule has 2 aromatic carbocycles. The molecular weight excluding hydrogens is 292 g/mol. The molecule has 0 aromatic heterocycles. The average molecular weight is 306 g/mol. The minimum Gasteiger partial charge on any atom is -0.336 e. The van der Waals surface area contributed by atoms with Crippen molar-refractivity contribution in [3.05, 3.63) is 59.7 Å². The second-order valence-corrected chi connectivity index (χ2v) is 5.08. The first-order valence-corrected chi connectivity index (χ1v) is 7.14. The van der Waals surface area contributed by atoms with Gasteiger partial charge in [0, 0.05) is 30.0 Å². The van der Waals surface area contributed by atoms with Crippen LogP contribution in [0, 0.1) is 11.3 Å². The SMILES string of the molecule is N#Cc1cccc(C(=O)Nc2cccc(N3CCNC3=O)c2)c1. The van der Waals surface area contributed by atoms with E-state index in [1.165, 1.54) is 6.07 Å². The monoisotopic (exact) mass is 306 g/mol. The summed E-state index contributed by atoms with van der Waals surface area (Å²) >= 11 is 0. The molecule has 3 rings (SSSR count). The zero-order valence-electron chi connectivity index (χ0n) is 12.2. The van der Waals surface area contributed by atoms with Gasteiger partial charge in [-0.15, -0.1) is 0 Å². The van der Waals surface area contributed by atoms with Crippen LogP contribution < -0.4 is 15.5 Å². The molecule has 1 heterocycles. The predicted molar refractivity (Wildman–Crippen MR) is 86.3 cm³/mol. The summed E-state index contributed by atoms with van der Waals surface area (Å²) in [6.45, 7) is 1.21. The van der Waals surface area contributed by atoms with E-state index in [1.807, 2.05) is 12.1 Å². The lowest BCUT2D eigenvalue weighted by Gasteiger charge is -2.15. The topological polar surface area (TPSA) is 85.2 Å². The molecule has 1 saturated heterocycles. The zero-order chi connectivity index (χ0) is 16.2. The maximum absolute atomic E-state index is 12.3. The summed E-state index contributed by atoms with van der Waals surface area (Å²) in [5, 5.41) is 14.4. The van der Waals surface area contributed by atoms with Crippen LogP contribution in [0.25, 0.3) is 0 Å². The summed E-state index contributed by atoms with van der Waals surface area (Å²) in [6, 6.07) is 15.4. The maximum atomic E-state index is 12.3. The molecule has 0 aliphatic carbocycles. The van der Waals surface area contributed by atoms with Crippen molar-refractivity contribution in [3.8, 4) is 6.07 Å². The molecule has 0 atom stereocenters. The van der Waals surface area contributed by atoms with E-state index in [-0.39, 0.29) is 11.9 Å². The summed E-state index contributed by atoms with van der Waals surface area (Å²) in [4.78, 5) is 25.6. The van der Waals surface area contributed by atoms with E-state index < -0.39 is 0 Å². The Morgan fingerprint density at radius 3 is 2.78 bits per heavy atom. The van der Waals surface area contributed by atoms with E-state index >= 15 is 0 Å². The standard InChI is InChI=1S/C17H14N4O2/c18-11-12-3-1-4-13(9-12)16(22)20-14-5-2-6-15(10-14)21-8-7-19-17(21)23/h1-6,9-10H,7-8H2,(H,19,23)(H,20,22). The van der Waals surface area contributed by atoms with Crippen LogP contribution in [0.3, 0.4) is 0 Å². The zero-order valence-corrected chi connectivity index (χ0v) is 12.2. The molecule has 0 radical (unpaired) electrons. The fraction of sp³-hybridized carbons (Fsp3) is 0.118. The Bertz CT molecular complexity index is 810. The number of hydrogen-bond acceptors (Lipinski definition) is 3. The summed E-state index contributed by atoms with van der Waals surface area (Å²) < 4.78 is 0. The third-order valence-corrected chi connectivity index (χ3v) is 3.53. The van der Waals surface area contributed by atoms with Crippen molar-refractivity contribution in [1.29, 1.82) is 5.26 Å². The number of urea groups is 1. The molecule has 1 fully saturated rings. The summed E-state index contributed by atoms with van der Waals surface area (Å²) in [7, 11) is 0. The average Bonchev–Trinajstić information content (AvgIpc) is 3.01. The summed E-state index contributed by atoms with van der Waals surface area (Å²) in [5.41, 5.74) is 2.16. The molecule has 1 aliphatic heterocycles. The van der Waals surface area contributed by atoms with Crippen molar-refractivity contribution in [2.75, 3.05) is 23.3 Å². The Morgan fingerprint density at radius 2 is 2.04 bits per heavy atom. The number of carbonyl (C=O) groups is 2. The van der Waals surface area contributed by atoms with Crippen LogP contribution >= 0.6 is 0 Å². The molecule has 6 nitrogen and oxygen atoms in total. The number of rotatable bonds is 3. The van der Waals surface area contributed by atoms with Crippen molar-refractivity contribution in [2.24, 2.45) is 0 Å². The molecule has 0 unspecified atom stereocenters. The van der Waals surface area contributed by atoms with Crippen LogP contribution in [0.5, 0.6) is 0 Å². The lowest BCUT2D eigenvalue weighted by molar-refractivity contribution is 0.102. The largest absolute Gasteiger partial charge is 0.336 e. The maximum Gasteiger partial charge on any atom is 0.321 e. The van der Waals surface area contributed by atoms with E-state index in [0.717, 1.165) is 5.69 Å². The number of nitrogens with one attached hydrogen (secondary N) is 2. The molecule has 3 amide bonds. The van der Waals surface area contributed by atoms with E-state index in [4.69, 9.17) is 5.26 Å². The molecule has 6 heteroatoms. The highest BCUT2D eigenvalue weighted by Gasteiger charge is 2.21. The number of anilines is 2. The molecule has 0 saturated carbocycles. The number of nitriles is 1. The number of carbonyl (C=O) groups excluding carboxylic acids is 2. The van der Waals surface area contributed by atoms with E-state index in [1.54, 1.807) is 41.3 Å². The second-order valence-electron chi connectivity index (χ2n) is 5.08. The fourth-order valence-corrected chi connectivity index (χ4v) is 2.40. The minimum absolute atomic E-state index is 0.143. The van der Waals surface area contributed by atoms with Gasteiger partial charge < -0.3 is 10.6 Å². The van der Waals surface area contributed by atoms with Gasteiger partial charge in [-0.3, -0.25) is 9.69 Å². The number of amides is 3. The molecule has 114 valence electrons. The smallest absolute Gasteiger partial charge is 0.321 e. The molecular formula is C17H14N4O2. The van der Waals surface area contributed by atoms with Gasteiger partial charge in [0.1, 0.15) is 0 Å². The van der Waals surface area contributed by atoms with Crippen LogP contribution in [0.2, 0.25) is 0 Å². The third kappa shape index (κ3) is 3.14. The Kier molecular flexibility index (Phi) is 3.93. The highest BCUT2D eigenvalue weighted by atomic mass is 16.2. The van der Waals surface area contributed by atoms with Gasteiger partial charge in [0.05, 0.1) is 11.6 Å². The number of benzene rings is 2. The van der Waals surface area contributed by atoms with Crippen molar-refractivity contribution < 1.29 is 9.59 Å². The number of hydrogen-bond donors (Lipinski definition) is 2. The Balaban J connectivity index is 1.79. The lowest BCUT2D eigenvalue weighted by atomic mass is 10.1. The normalized spacial score (nSPS) is 13.3. The molecule has 2 aromatic rings. The molecule has 2 N–H and O–H groups in total. The van der Waals surface area contributed by atoms with Gasteiger partial charge in [0.25, 0.3) is 5.91 Å². The van der Waals surface area contributed by atoms with E-state index in [9.17, 15) is 9.59 Å². The van der Waals surface area contributed by atoms with Crippen LogP contribution in [-0.2, 0) is 0 Å². The van der Waals surface area contributed by atoms with E-state index in [2.05, 4.69) is 10.6 Å². The van der Waals surface area contributed by atoms with Crippen LogP contribution in [0.15, 0.2) is 48.5 Å². The van der Waals surface area contributed by atoms with Crippen LogP contribution in [0.1, 0.15) is 15.9 Å². The Labute approximate surface area is 133 Å².